The fourth-order valence-corrected chi connectivity index (χ4v) is 1.85. The molecule has 1 N–H and O–H groups in total. The number of carboxylic acid groups (broad SMARTS) is 1. The summed E-state index contributed by atoms with van der Waals surface area (Å²) in [4.78, 5) is 12.8. The van der Waals surface area contributed by atoms with Crippen molar-refractivity contribution in [3.63, 3.8) is 0 Å². The highest BCUT2D eigenvalue weighted by molar-refractivity contribution is 5.66. The van der Waals surface area contributed by atoms with Gasteiger partial charge in [-0.3, -0.25) is 9.69 Å². The zero-order valence-electron chi connectivity index (χ0n) is 9.61. The van der Waals surface area contributed by atoms with Crippen LogP contribution in [0.3, 0.4) is 0 Å². The molecule has 1 rings (SSSR count). The number of hydrogen-bond acceptors (Lipinski definition) is 3. The minimum atomic E-state index is -0.709. The normalized spacial score (nSPS) is 18.1. The van der Waals surface area contributed by atoms with Crippen LogP contribution in [0.1, 0.15) is 32.6 Å². The molecule has 0 aromatic heterocycles. The van der Waals surface area contributed by atoms with Crippen LogP contribution in [0.25, 0.3) is 0 Å². The lowest BCUT2D eigenvalue weighted by atomic mass is 10.2. The highest BCUT2D eigenvalue weighted by Gasteiger charge is 2.31. The van der Waals surface area contributed by atoms with Gasteiger partial charge in [-0.15, -0.1) is 0 Å². The lowest BCUT2D eigenvalue weighted by Gasteiger charge is -2.28. The zero-order chi connectivity index (χ0) is 11.3. The molecule has 1 fully saturated rings. The summed E-state index contributed by atoms with van der Waals surface area (Å²) in [6.07, 6.45) is 3.66. The highest BCUT2D eigenvalue weighted by Crippen LogP contribution is 2.29. The molecule has 1 aliphatic carbocycles. The van der Waals surface area contributed by atoms with E-state index >= 15 is 0 Å². The van der Waals surface area contributed by atoms with Crippen molar-refractivity contribution in [3.05, 3.63) is 0 Å². The van der Waals surface area contributed by atoms with Gasteiger partial charge >= 0.3 is 5.97 Å². The maximum Gasteiger partial charge on any atom is 0.304 e. The standard InChI is InChI=1S/C11H21NO3/c1-9(6-8-15-2)12(10-3-4-10)7-5-11(13)14/h9-10H,3-8H2,1-2H3,(H,13,14). The second-order valence-electron chi connectivity index (χ2n) is 4.24. The van der Waals surface area contributed by atoms with Crippen LogP contribution in [-0.2, 0) is 9.53 Å². The average molecular weight is 215 g/mol. The summed E-state index contributed by atoms with van der Waals surface area (Å²) >= 11 is 0. The molecule has 0 aromatic carbocycles. The molecule has 0 heterocycles. The Morgan fingerprint density at radius 3 is 2.73 bits per heavy atom. The van der Waals surface area contributed by atoms with Crippen LogP contribution in [0.4, 0.5) is 0 Å². The molecule has 4 heteroatoms. The molecule has 1 atom stereocenters. The Balaban J connectivity index is 2.31. The largest absolute Gasteiger partial charge is 0.481 e. The van der Waals surface area contributed by atoms with Crippen molar-refractivity contribution < 1.29 is 14.6 Å². The van der Waals surface area contributed by atoms with Gasteiger partial charge in [0.05, 0.1) is 6.42 Å². The Kier molecular flexibility index (Phi) is 5.05. The van der Waals surface area contributed by atoms with Gasteiger partial charge in [-0.25, -0.2) is 0 Å². The molecule has 1 saturated carbocycles. The first-order chi connectivity index (χ1) is 7.15. The summed E-state index contributed by atoms with van der Waals surface area (Å²) in [5.74, 6) is -0.709. The Hall–Kier alpha value is -0.610. The van der Waals surface area contributed by atoms with E-state index in [4.69, 9.17) is 9.84 Å². The number of carboxylic acids is 1. The number of ether oxygens (including phenoxy) is 1. The Morgan fingerprint density at radius 1 is 1.60 bits per heavy atom. The lowest BCUT2D eigenvalue weighted by Crippen LogP contribution is -2.37. The third-order valence-corrected chi connectivity index (χ3v) is 2.91. The van der Waals surface area contributed by atoms with Gasteiger partial charge in [0, 0.05) is 32.3 Å². The molecule has 0 saturated heterocycles. The molecule has 0 bridgehead atoms. The van der Waals surface area contributed by atoms with Crippen LogP contribution in [0.2, 0.25) is 0 Å². The molecule has 15 heavy (non-hydrogen) atoms. The molecule has 0 spiro atoms. The van der Waals surface area contributed by atoms with Gasteiger partial charge in [0.2, 0.25) is 0 Å². The van der Waals surface area contributed by atoms with E-state index in [1.54, 1.807) is 7.11 Å². The number of nitrogens with zero attached hydrogens (tertiary/aromatic N) is 1. The maximum atomic E-state index is 10.5. The summed E-state index contributed by atoms with van der Waals surface area (Å²) in [6.45, 7) is 3.57. The minimum Gasteiger partial charge on any atom is -0.481 e. The van der Waals surface area contributed by atoms with E-state index in [1.165, 1.54) is 12.8 Å². The first kappa shape index (κ1) is 12.5. The van der Waals surface area contributed by atoms with Crippen molar-refractivity contribution >= 4 is 5.97 Å². The summed E-state index contributed by atoms with van der Waals surface area (Å²) < 4.78 is 5.05. The molecule has 4 nitrogen and oxygen atoms in total. The van der Waals surface area contributed by atoms with Crippen LogP contribution in [0, 0.1) is 0 Å². The summed E-state index contributed by atoms with van der Waals surface area (Å²) in [6, 6.07) is 1.05. The number of carbonyl (C=O) groups is 1. The molecule has 0 radical (unpaired) electrons. The Bertz CT molecular complexity index is 204. The van der Waals surface area contributed by atoms with Crippen LogP contribution >= 0.6 is 0 Å². The first-order valence-corrected chi connectivity index (χ1v) is 5.61. The molecular formula is C11H21NO3. The van der Waals surface area contributed by atoms with E-state index in [9.17, 15) is 4.79 Å². The molecule has 1 aliphatic rings. The van der Waals surface area contributed by atoms with Crippen LogP contribution in [0.15, 0.2) is 0 Å². The third-order valence-electron chi connectivity index (χ3n) is 2.91. The summed E-state index contributed by atoms with van der Waals surface area (Å²) in [5.41, 5.74) is 0. The summed E-state index contributed by atoms with van der Waals surface area (Å²) in [7, 11) is 1.70. The Morgan fingerprint density at radius 2 is 2.27 bits per heavy atom. The van der Waals surface area contributed by atoms with Crippen molar-refractivity contribution in [2.45, 2.75) is 44.7 Å². The van der Waals surface area contributed by atoms with E-state index in [2.05, 4.69) is 11.8 Å². The molecule has 88 valence electrons. The number of rotatable bonds is 8. The van der Waals surface area contributed by atoms with Gasteiger partial charge in [-0.1, -0.05) is 0 Å². The predicted octanol–water partition coefficient (Wildman–Crippen LogP) is 1.35. The van der Waals surface area contributed by atoms with E-state index in [0.717, 1.165) is 13.0 Å². The topological polar surface area (TPSA) is 49.8 Å². The van der Waals surface area contributed by atoms with Gasteiger partial charge in [0.25, 0.3) is 0 Å². The maximum absolute atomic E-state index is 10.5. The van der Waals surface area contributed by atoms with Crippen molar-refractivity contribution in [2.24, 2.45) is 0 Å². The van der Waals surface area contributed by atoms with E-state index in [0.29, 0.717) is 18.6 Å². The monoisotopic (exact) mass is 215 g/mol. The van der Waals surface area contributed by atoms with Crippen molar-refractivity contribution in [1.82, 2.24) is 4.90 Å². The Labute approximate surface area is 91.2 Å². The van der Waals surface area contributed by atoms with Crippen molar-refractivity contribution in [3.8, 4) is 0 Å². The molecule has 0 aromatic rings. The fraction of sp³-hybridized carbons (Fsp3) is 0.909. The quantitative estimate of drug-likeness (QED) is 0.664. The zero-order valence-corrected chi connectivity index (χ0v) is 9.61. The second-order valence-corrected chi connectivity index (χ2v) is 4.24. The van der Waals surface area contributed by atoms with Gasteiger partial charge in [0.1, 0.15) is 0 Å². The molecular weight excluding hydrogens is 194 g/mol. The molecule has 0 aliphatic heterocycles. The molecule has 1 unspecified atom stereocenters. The van der Waals surface area contributed by atoms with Crippen LogP contribution in [-0.4, -0.2) is 48.3 Å². The van der Waals surface area contributed by atoms with Gasteiger partial charge in [0.15, 0.2) is 0 Å². The number of hydrogen-bond donors (Lipinski definition) is 1. The first-order valence-electron chi connectivity index (χ1n) is 5.61. The summed E-state index contributed by atoms with van der Waals surface area (Å²) in [5, 5.41) is 8.67. The number of aliphatic carboxylic acids is 1. The highest BCUT2D eigenvalue weighted by atomic mass is 16.5. The van der Waals surface area contributed by atoms with Crippen LogP contribution in [0.5, 0.6) is 0 Å². The number of methoxy groups -OCH3 is 1. The third kappa shape index (κ3) is 4.62. The van der Waals surface area contributed by atoms with Crippen LogP contribution < -0.4 is 0 Å². The van der Waals surface area contributed by atoms with Gasteiger partial charge in [-0.05, 0) is 26.2 Å². The van der Waals surface area contributed by atoms with E-state index < -0.39 is 5.97 Å². The smallest absolute Gasteiger partial charge is 0.304 e. The van der Waals surface area contributed by atoms with Crippen molar-refractivity contribution in [2.75, 3.05) is 20.3 Å². The SMILES string of the molecule is COCCC(C)N(CCC(=O)O)C1CC1. The lowest BCUT2D eigenvalue weighted by molar-refractivity contribution is -0.137. The average Bonchev–Trinajstić information content (AvgIpc) is 2.98. The second kappa shape index (κ2) is 6.08. The van der Waals surface area contributed by atoms with E-state index in [-0.39, 0.29) is 6.42 Å². The predicted molar refractivity (Wildman–Crippen MR) is 57.9 cm³/mol. The molecule has 0 amide bonds. The van der Waals surface area contributed by atoms with Gasteiger partial charge < -0.3 is 9.84 Å². The minimum absolute atomic E-state index is 0.244. The van der Waals surface area contributed by atoms with E-state index in [1.807, 2.05) is 0 Å². The van der Waals surface area contributed by atoms with Crippen molar-refractivity contribution in [1.29, 1.82) is 0 Å². The van der Waals surface area contributed by atoms with Gasteiger partial charge in [-0.2, -0.15) is 0 Å². The fourth-order valence-electron chi connectivity index (χ4n) is 1.85.